The molecular formula is C17H24N2O2. The molecule has 0 bridgehead atoms. The molecule has 21 heavy (non-hydrogen) atoms. The van der Waals surface area contributed by atoms with Crippen molar-refractivity contribution >= 4 is 11.8 Å². The van der Waals surface area contributed by atoms with E-state index >= 15 is 0 Å². The lowest BCUT2D eigenvalue weighted by Crippen LogP contribution is -2.30. The minimum atomic E-state index is 0.0541. The minimum Gasteiger partial charge on any atom is -0.356 e. The third kappa shape index (κ3) is 5.58. The van der Waals surface area contributed by atoms with Crippen molar-refractivity contribution in [2.24, 2.45) is 5.92 Å². The van der Waals surface area contributed by atoms with E-state index in [1.807, 2.05) is 18.2 Å². The van der Waals surface area contributed by atoms with Gasteiger partial charge < -0.3 is 10.6 Å². The summed E-state index contributed by atoms with van der Waals surface area (Å²) in [4.78, 5) is 23.2. The van der Waals surface area contributed by atoms with Crippen LogP contribution in [0.2, 0.25) is 0 Å². The van der Waals surface area contributed by atoms with Gasteiger partial charge in [-0.15, -0.1) is 0 Å². The summed E-state index contributed by atoms with van der Waals surface area (Å²) in [5.74, 6) is 0.752. The molecule has 0 saturated heterocycles. The lowest BCUT2D eigenvalue weighted by molar-refractivity contribution is -0.123. The molecule has 1 aromatic carbocycles. The summed E-state index contributed by atoms with van der Waals surface area (Å²) in [6, 6.07) is 10.2. The number of amides is 2. The molecular weight excluding hydrogens is 264 g/mol. The largest absolute Gasteiger partial charge is 0.356 e. The van der Waals surface area contributed by atoms with Gasteiger partial charge in [0.25, 0.3) is 0 Å². The molecule has 1 saturated carbocycles. The quantitative estimate of drug-likeness (QED) is 0.721. The summed E-state index contributed by atoms with van der Waals surface area (Å²) in [6.07, 6.45) is 3.20. The number of nitrogens with one attached hydrogen (secondary N) is 2. The van der Waals surface area contributed by atoms with Gasteiger partial charge >= 0.3 is 0 Å². The van der Waals surface area contributed by atoms with Crippen LogP contribution in [-0.4, -0.2) is 24.9 Å². The van der Waals surface area contributed by atoms with Gasteiger partial charge in [0.2, 0.25) is 11.8 Å². The van der Waals surface area contributed by atoms with E-state index < -0.39 is 0 Å². The van der Waals surface area contributed by atoms with Crippen molar-refractivity contribution in [3.8, 4) is 0 Å². The lowest BCUT2D eigenvalue weighted by atomic mass is 10.0. The first-order chi connectivity index (χ1) is 10.2. The van der Waals surface area contributed by atoms with Crippen LogP contribution in [-0.2, 0) is 9.59 Å². The molecule has 0 heterocycles. The van der Waals surface area contributed by atoms with Gasteiger partial charge in [-0.3, -0.25) is 9.59 Å². The summed E-state index contributed by atoms with van der Waals surface area (Å²) in [7, 11) is 0. The first-order valence-electron chi connectivity index (χ1n) is 7.76. The van der Waals surface area contributed by atoms with E-state index in [4.69, 9.17) is 0 Å². The summed E-state index contributed by atoms with van der Waals surface area (Å²) >= 11 is 0. The summed E-state index contributed by atoms with van der Waals surface area (Å²) < 4.78 is 0. The van der Waals surface area contributed by atoms with Gasteiger partial charge in [0, 0.05) is 25.4 Å². The zero-order valence-corrected chi connectivity index (χ0v) is 12.6. The fourth-order valence-corrected chi connectivity index (χ4v) is 2.21. The van der Waals surface area contributed by atoms with Gasteiger partial charge in [0.1, 0.15) is 0 Å². The maximum atomic E-state index is 11.7. The number of hydrogen-bond donors (Lipinski definition) is 2. The maximum Gasteiger partial charge on any atom is 0.223 e. The van der Waals surface area contributed by atoms with Crippen LogP contribution in [0.3, 0.4) is 0 Å². The second-order valence-electron chi connectivity index (χ2n) is 5.78. The number of carbonyl (C=O) groups is 2. The molecule has 2 amide bonds. The highest BCUT2D eigenvalue weighted by Gasteiger charge is 2.28. The molecule has 0 radical (unpaired) electrons. The Hall–Kier alpha value is -1.84. The van der Waals surface area contributed by atoms with Crippen molar-refractivity contribution in [1.82, 2.24) is 10.6 Å². The number of hydrogen-bond acceptors (Lipinski definition) is 2. The Morgan fingerprint density at radius 3 is 2.57 bits per heavy atom. The fourth-order valence-electron chi connectivity index (χ4n) is 2.21. The van der Waals surface area contributed by atoms with Crippen LogP contribution in [0.5, 0.6) is 0 Å². The smallest absolute Gasteiger partial charge is 0.223 e. The SMILES string of the molecule is C[C@H](CNC(=O)CCCNC(=O)C1CC1)c1ccccc1. The van der Waals surface area contributed by atoms with E-state index in [0.717, 1.165) is 12.8 Å². The Morgan fingerprint density at radius 2 is 1.90 bits per heavy atom. The van der Waals surface area contributed by atoms with Crippen LogP contribution in [0.1, 0.15) is 44.1 Å². The molecule has 1 aliphatic rings. The van der Waals surface area contributed by atoms with E-state index in [1.165, 1.54) is 5.56 Å². The number of carbonyl (C=O) groups excluding carboxylic acids is 2. The van der Waals surface area contributed by atoms with E-state index in [0.29, 0.717) is 31.8 Å². The van der Waals surface area contributed by atoms with Gasteiger partial charge in [-0.1, -0.05) is 37.3 Å². The van der Waals surface area contributed by atoms with Crippen molar-refractivity contribution in [2.75, 3.05) is 13.1 Å². The second kappa shape index (κ2) is 7.81. The van der Waals surface area contributed by atoms with Crippen LogP contribution in [0.15, 0.2) is 30.3 Å². The average Bonchev–Trinajstić information content (AvgIpc) is 3.34. The number of rotatable bonds is 8. The van der Waals surface area contributed by atoms with Crippen LogP contribution in [0.4, 0.5) is 0 Å². The van der Waals surface area contributed by atoms with Crippen LogP contribution in [0, 0.1) is 5.92 Å². The van der Waals surface area contributed by atoms with Crippen LogP contribution in [0.25, 0.3) is 0 Å². The predicted molar refractivity (Wildman–Crippen MR) is 82.8 cm³/mol. The van der Waals surface area contributed by atoms with Crippen LogP contribution < -0.4 is 10.6 Å². The Bertz CT molecular complexity index is 469. The third-order valence-corrected chi connectivity index (χ3v) is 3.80. The minimum absolute atomic E-state index is 0.0541. The molecule has 1 fully saturated rings. The molecule has 1 aromatic rings. The second-order valence-corrected chi connectivity index (χ2v) is 5.78. The van der Waals surface area contributed by atoms with E-state index in [1.54, 1.807) is 0 Å². The Kier molecular flexibility index (Phi) is 5.78. The van der Waals surface area contributed by atoms with Crippen molar-refractivity contribution in [1.29, 1.82) is 0 Å². The van der Waals surface area contributed by atoms with Gasteiger partial charge in [-0.2, -0.15) is 0 Å². The monoisotopic (exact) mass is 288 g/mol. The van der Waals surface area contributed by atoms with E-state index in [9.17, 15) is 9.59 Å². The number of benzene rings is 1. The maximum absolute atomic E-state index is 11.7. The molecule has 0 unspecified atom stereocenters. The topological polar surface area (TPSA) is 58.2 Å². The molecule has 1 aliphatic carbocycles. The Morgan fingerprint density at radius 1 is 1.19 bits per heavy atom. The van der Waals surface area contributed by atoms with Crippen molar-refractivity contribution < 1.29 is 9.59 Å². The van der Waals surface area contributed by atoms with Crippen molar-refractivity contribution in [2.45, 2.75) is 38.5 Å². The fraction of sp³-hybridized carbons (Fsp3) is 0.529. The highest BCUT2D eigenvalue weighted by molar-refractivity contribution is 5.81. The molecule has 114 valence electrons. The first kappa shape index (κ1) is 15.5. The normalized spacial score (nSPS) is 15.3. The van der Waals surface area contributed by atoms with Gasteiger partial charge in [0.05, 0.1) is 0 Å². The molecule has 4 nitrogen and oxygen atoms in total. The molecule has 0 aliphatic heterocycles. The van der Waals surface area contributed by atoms with E-state index in [-0.39, 0.29) is 17.7 Å². The first-order valence-corrected chi connectivity index (χ1v) is 7.76. The Labute approximate surface area is 126 Å². The Balaban J connectivity index is 1.55. The molecule has 2 N–H and O–H groups in total. The summed E-state index contributed by atoms with van der Waals surface area (Å²) in [5.41, 5.74) is 1.23. The average molecular weight is 288 g/mol. The summed E-state index contributed by atoms with van der Waals surface area (Å²) in [6.45, 7) is 3.35. The van der Waals surface area contributed by atoms with Gasteiger partial charge in [-0.25, -0.2) is 0 Å². The zero-order chi connectivity index (χ0) is 15.1. The highest BCUT2D eigenvalue weighted by Crippen LogP contribution is 2.28. The summed E-state index contributed by atoms with van der Waals surface area (Å²) in [5, 5.41) is 5.82. The van der Waals surface area contributed by atoms with Crippen molar-refractivity contribution in [3.05, 3.63) is 35.9 Å². The van der Waals surface area contributed by atoms with Gasteiger partial charge in [0.15, 0.2) is 0 Å². The molecule has 1 atom stereocenters. The molecule has 0 aromatic heterocycles. The lowest BCUT2D eigenvalue weighted by Gasteiger charge is -2.13. The van der Waals surface area contributed by atoms with Gasteiger partial charge in [-0.05, 0) is 30.7 Å². The van der Waals surface area contributed by atoms with Crippen molar-refractivity contribution in [3.63, 3.8) is 0 Å². The zero-order valence-electron chi connectivity index (χ0n) is 12.6. The standard InChI is InChI=1S/C17H24N2O2/c1-13(14-6-3-2-4-7-14)12-19-16(20)8-5-11-18-17(21)15-9-10-15/h2-4,6-7,13,15H,5,8-12H2,1H3,(H,18,21)(H,19,20)/t13-/m1/s1. The molecule has 0 spiro atoms. The third-order valence-electron chi connectivity index (χ3n) is 3.80. The predicted octanol–water partition coefficient (Wildman–Crippen LogP) is 2.21. The van der Waals surface area contributed by atoms with E-state index in [2.05, 4.69) is 29.7 Å². The molecule has 4 heteroatoms. The van der Waals surface area contributed by atoms with Crippen LogP contribution >= 0.6 is 0 Å². The molecule has 2 rings (SSSR count). The highest BCUT2D eigenvalue weighted by atomic mass is 16.2.